The quantitative estimate of drug-likeness (QED) is 0.915. The van der Waals surface area contributed by atoms with E-state index in [1.807, 2.05) is 36.4 Å². The Labute approximate surface area is 135 Å². The van der Waals surface area contributed by atoms with Gasteiger partial charge in [-0.05, 0) is 48.2 Å². The Kier molecular flexibility index (Phi) is 5.02. The van der Waals surface area contributed by atoms with Crippen LogP contribution in [0.1, 0.15) is 35.6 Å². The second kappa shape index (κ2) is 7.36. The zero-order valence-electron chi connectivity index (χ0n) is 12.8. The lowest BCUT2D eigenvalue weighted by Crippen LogP contribution is -2.31. The van der Waals surface area contributed by atoms with Crippen LogP contribution in [0.5, 0.6) is 0 Å². The van der Waals surface area contributed by atoms with E-state index in [0.717, 1.165) is 30.6 Å². The van der Waals surface area contributed by atoms with E-state index in [1.54, 1.807) is 0 Å². The van der Waals surface area contributed by atoms with Crippen LogP contribution in [-0.2, 0) is 11.3 Å². The van der Waals surface area contributed by atoms with Crippen molar-refractivity contribution in [1.29, 1.82) is 5.26 Å². The molecule has 0 spiro atoms. The first-order valence-electron chi connectivity index (χ1n) is 7.86. The smallest absolute Gasteiger partial charge is 0.123 e. The number of hydrogen-bond acceptors (Lipinski definition) is 3. The second-order valence-corrected chi connectivity index (χ2v) is 5.77. The van der Waals surface area contributed by atoms with Crippen molar-refractivity contribution in [3.63, 3.8) is 0 Å². The molecule has 1 heterocycles. The SMILES string of the molecule is N#Cc1ccc(CN[C@@H](c2ccc(F)cc2)[C@H]2CCCO2)cc1. The number of ether oxygens (including phenoxy) is 1. The molecule has 2 atom stereocenters. The minimum absolute atomic E-state index is 0.0359. The molecule has 2 aromatic carbocycles. The molecule has 0 aromatic heterocycles. The molecule has 0 radical (unpaired) electrons. The molecule has 3 rings (SSSR count). The first-order chi connectivity index (χ1) is 11.3. The number of hydrogen-bond donors (Lipinski definition) is 1. The summed E-state index contributed by atoms with van der Waals surface area (Å²) in [7, 11) is 0. The molecule has 1 aliphatic heterocycles. The third-order valence-electron chi connectivity index (χ3n) is 4.17. The molecule has 1 aliphatic rings. The number of nitriles is 1. The van der Waals surface area contributed by atoms with E-state index in [1.165, 1.54) is 12.1 Å². The lowest BCUT2D eigenvalue weighted by molar-refractivity contribution is 0.0776. The third kappa shape index (κ3) is 3.95. The summed E-state index contributed by atoms with van der Waals surface area (Å²) in [6, 6.07) is 16.3. The van der Waals surface area contributed by atoms with E-state index < -0.39 is 0 Å². The topological polar surface area (TPSA) is 45.0 Å². The molecule has 2 aromatic rings. The summed E-state index contributed by atoms with van der Waals surface area (Å²) in [5.41, 5.74) is 2.80. The molecule has 1 N–H and O–H groups in total. The normalized spacial score (nSPS) is 18.5. The number of nitrogens with zero attached hydrogens (tertiary/aromatic N) is 1. The minimum atomic E-state index is -0.230. The maximum absolute atomic E-state index is 13.2. The predicted octanol–water partition coefficient (Wildman–Crippen LogP) is 3.71. The largest absolute Gasteiger partial charge is 0.376 e. The lowest BCUT2D eigenvalue weighted by atomic mass is 9.99. The number of benzene rings is 2. The van der Waals surface area contributed by atoms with E-state index in [4.69, 9.17) is 10.00 Å². The standard InChI is InChI=1S/C19H19FN2O/c20-17-9-7-16(8-10-17)19(18-2-1-11-23-18)22-13-15-5-3-14(12-21)4-6-15/h3-10,18-19,22H,1-2,11,13H2/t18-,19+/m1/s1. The van der Waals surface area contributed by atoms with Crippen LogP contribution in [0, 0.1) is 17.1 Å². The van der Waals surface area contributed by atoms with Gasteiger partial charge in [-0.1, -0.05) is 24.3 Å². The van der Waals surface area contributed by atoms with Gasteiger partial charge in [-0.25, -0.2) is 4.39 Å². The average molecular weight is 310 g/mol. The van der Waals surface area contributed by atoms with Gasteiger partial charge < -0.3 is 10.1 Å². The fourth-order valence-electron chi connectivity index (χ4n) is 2.92. The van der Waals surface area contributed by atoms with Gasteiger partial charge in [0.25, 0.3) is 0 Å². The number of rotatable bonds is 5. The van der Waals surface area contributed by atoms with Crippen molar-refractivity contribution >= 4 is 0 Å². The van der Waals surface area contributed by atoms with Gasteiger partial charge in [0, 0.05) is 13.2 Å². The van der Waals surface area contributed by atoms with Crippen LogP contribution in [0.25, 0.3) is 0 Å². The summed E-state index contributed by atoms with van der Waals surface area (Å²) in [4.78, 5) is 0. The molecule has 0 bridgehead atoms. The van der Waals surface area contributed by atoms with Crippen LogP contribution in [0.4, 0.5) is 4.39 Å². The summed E-state index contributed by atoms with van der Waals surface area (Å²) in [6.07, 6.45) is 2.17. The van der Waals surface area contributed by atoms with Gasteiger partial charge in [0.1, 0.15) is 5.82 Å². The van der Waals surface area contributed by atoms with Crippen LogP contribution in [0.3, 0.4) is 0 Å². The molecule has 0 amide bonds. The Hall–Kier alpha value is -2.22. The molecular formula is C19H19FN2O. The maximum Gasteiger partial charge on any atom is 0.123 e. The van der Waals surface area contributed by atoms with Gasteiger partial charge >= 0.3 is 0 Å². The lowest BCUT2D eigenvalue weighted by Gasteiger charge is -2.25. The molecule has 4 heteroatoms. The summed E-state index contributed by atoms with van der Waals surface area (Å²) in [6.45, 7) is 1.45. The fourth-order valence-corrected chi connectivity index (χ4v) is 2.92. The van der Waals surface area contributed by atoms with Gasteiger partial charge in [0.15, 0.2) is 0 Å². The van der Waals surface area contributed by atoms with E-state index in [9.17, 15) is 4.39 Å². The van der Waals surface area contributed by atoms with E-state index in [2.05, 4.69) is 11.4 Å². The summed E-state index contributed by atoms with van der Waals surface area (Å²) >= 11 is 0. The molecule has 0 aliphatic carbocycles. The van der Waals surface area contributed by atoms with Gasteiger partial charge in [0.2, 0.25) is 0 Å². The highest BCUT2D eigenvalue weighted by Gasteiger charge is 2.26. The average Bonchev–Trinajstić information content (AvgIpc) is 3.11. The zero-order valence-corrected chi connectivity index (χ0v) is 12.8. The first-order valence-corrected chi connectivity index (χ1v) is 7.86. The molecule has 118 valence electrons. The summed E-state index contributed by atoms with van der Waals surface area (Å²) in [5, 5.41) is 12.4. The van der Waals surface area contributed by atoms with Crippen molar-refractivity contribution in [3.8, 4) is 6.07 Å². The monoisotopic (exact) mass is 310 g/mol. The third-order valence-corrected chi connectivity index (χ3v) is 4.17. The van der Waals surface area contributed by atoms with Gasteiger partial charge in [-0.2, -0.15) is 5.26 Å². The Bertz CT molecular complexity index is 670. The number of halogens is 1. The summed E-state index contributed by atoms with van der Waals surface area (Å²) in [5.74, 6) is -0.230. The van der Waals surface area contributed by atoms with Gasteiger partial charge in [-0.3, -0.25) is 0 Å². The van der Waals surface area contributed by atoms with E-state index in [-0.39, 0.29) is 18.0 Å². The van der Waals surface area contributed by atoms with Crippen LogP contribution < -0.4 is 5.32 Å². The molecule has 0 saturated carbocycles. The fraction of sp³-hybridized carbons (Fsp3) is 0.316. The van der Waals surface area contributed by atoms with Crippen LogP contribution in [0.15, 0.2) is 48.5 Å². The maximum atomic E-state index is 13.2. The van der Waals surface area contributed by atoms with E-state index in [0.29, 0.717) is 12.1 Å². The molecular weight excluding hydrogens is 291 g/mol. The highest BCUT2D eigenvalue weighted by Crippen LogP contribution is 2.27. The van der Waals surface area contributed by atoms with Crippen molar-refractivity contribution in [2.45, 2.75) is 31.5 Å². The van der Waals surface area contributed by atoms with Crippen molar-refractivity contribution in [1.82, 2.24) is 5.32 Å². The van der Waals surface area contributed by atoms with E-state index >= 15 is 0 Å². The Morgan fingerprint density at radius 1 is 1.17 bits per heavy atom. The molecule has 1 fully saturated rings. The van der Waals surface area contributed by atoms with Gasteiger partial charge in [0.05, 0.1) is 23.8 Å². The van der Waals surface area contributed by atoms with Crippen molar-refractivity contribution in [2.24, 2.45) is 0 Å². The molecule has 3 nitrogen and oxygen atoms in total. The van der Waals surface area contributed by atoms with Crippen molar-refractivity contribution in [3.05, 3.63) is 71.0 Å². The Balaban J connectivity index is 1.72. The molecule has 1 saturated heterocycles. The summed E-state index contributed by atoms with van der Waals surface area (Å²) < 4.78 is 19.0. The number of nitrogens with one attached hydrogen (secondary N) is 1. The molecule has 23 heavy (non-hydrogen) atoms. The van der Waals surface area contributed by atoms with Crippen molar-refractivity contribution in [2.75, 3.05) is 6.61 Å². The van der Waals surface area contributed by atoms with Crippen LogP contribution in [0.2, 0.25) is 0 Å². The zero-order chi connectivity index (χ0) is 16.1. The Morgan fingerprint density at radius 2 is 1.91 bits per heavy atom. The van der Waals surface area contributed by atoms with Gasteiger partial charge in [-0.15, -0.1) is 0 Å². The highest BCUT2D eigenvalue weighted by atomic mass is 19.1. The Morgan fingerprint density at radius 3 is 2.52 bits per heavy atom. The molecule has 0 unspecified atom stereocenters. The van der Waals surface area contributed by atoms with Crippen LogP contribution in [-0.4, -0.2) is 12.7 Å². The predicted molar refractivity (Wildman–Crippen MR) is 86.1 cm³/mol. The highest BCUT2D eigenvalue weighted by molar-refractivity contribution is 5.31. The second-order valence-electron chi connectivity index (χ2n) is 5.77. The van der Waals surface area contributed by atoms with Crippen molar-refractivity contribution < 1.29 is 9.13 Å². The first kappa shape index (κ1) is 15.7. The minimum Gasteiger partial charge on any atom is -0.376 e. The van der Waals surface area contributed by atoms with Crippen LogP contribution >= 0.6 is 0 Å².